The summed E-state index contributed by atoms with van der Waals surface area (Å²) in [4.78, 5) is 27.3. The van der Waals surface area contributed by atoms with Gasteiger partial charge in [-0.3, -0.25) is 9.59 Å². The van der Waals surface area contributed by atoms with E-state index in [1.165, 1.54) is 16.2 Å². The lowest BCUT2D eigenvalue weighted by atomic mass is 9.95. The van der Waals surface area contributed by atoms with Crippen LogP contribution in [0.5, 0.6) is 5.75 Å². The molecule has 6 nitrogen and oxygen atoms in total. The third-order valence-corrected chi connectivity index (χ3v) is 7.58. The first kappa shape index (κ1) is 22.8. The van der Waals surface area contributed by atoms with Crippen molar-refractivity contribution in [2.75, 3.05) is 18.5 Å². The van der Waals surface area contributed by atoms with Crippen molar-refractivity contribution in [3.63, 3.8) is 0 Å². The van der Waals surface area contributed by atoms with Gasteiger partial charge in [-0.2, -0.15) is 0 Å². The molecule has 1 saturated heterocycles. The second-order valence-corrected chi connectivity index (χ2v) is 9.81. The normalized spacial score (nSPS) is 18.7. The third-order valence-electron chi connectivity index (χ3n) is 6.38. The highest BCUT2D eigenvalue weighted by Gasteiger charge is 2.28. The van der Waals surface area contributed by atoms with Crippen LogP contribution in [0.1, 0.15) is 64.5 Å². The summed E-state index contributed by atoms with van der Waals surface area (Å²) in [5.74, 6) is 0.323. The lowest BCUT2D eigenvalue weighted by molar-refractivity contribution is -0.122. The van der Waals surface area contributed by atoms with Gasteiger partial charge in [0, 0.05) is 18.0 Å². The molecule has 2 N–H and O–H groups in total. The van der Waals surface area contributed by atoms with Crippen molar-refractivity contribution in [2.24, 2.45) is 0 Å². The fourth-order valence-corrected chi connectivity index (χ4v) is 5.59. The molecule has 1 aromatic carbocycles. The highest BCUT2D eigenvalue weighted by atomic mass is 32.1. The SMILES string of the molecule is Cc1cccc(O[C@H](C)C(=O)Nc2sc3c(c2C(=O)NC[C@@H]2CCCO2)CCCC3)c1C. The van der Waals surface area contributed by atoms with Crippen LogP contribution in [0.15, 0.2) is 18.2 Å². The Kier molecular flexibility index (Phi) is 7.16. The van der Waals surface area contributed by atoms with Crippen molar-refractivity contribution in [1.82, 2.24) is 5.32 Å². The van der Waals surface area contributed by atoms with Gasteiger partial charge in [0.1, 0.15) is 10.8 Å². The number of hydrogen-bond acceptors (Lipinski definition) is 5. The summed E-state index contributed by atoms with van der Waals surface area (Å²) in [5, 5.41) is 6.65. The van der Waals surface area contributed by atoms with Crippen molar-refractivity contribution < 1.29 is 19.1 Å². The van der Waals surface area contributed by atoms with Gasteiger partial charge in [0.15, 0.2) is 6.10 Å². The van der Waals surface area contributed by atoms with E-state index >= 15 is 0 Å². The smallest absolute Gasteiger partial charge is 0.265 e. The number of amides is 2. The zero-order chi connectivity index (χ0) is 22.7. The molecule has 1 aliphatic heterocycles. The van der Waals surface area contributed by atoms with Crippen molar-refractivity contribution in [3.8, 4) is 5.75 Å². The van der Waals surface area contributed by atoms with Crippen LogP contribution in [-0.4, -0.2) is 37.2 Å². The third kappa shape index (κ3) is 4.99. The van der Waals surface area contributed by atoms with E-state index in [0.29, 0.717) is 22.9 Å². The number of fused-ring (bicyclic) bond motifs is 1. The minimum Gasteiger partial charge on any atom is -0.481 e. The monoisotopic (exact) mass is 456 g/mol. The Balaban J connectivity index is 1.49. The fraction of sp³-hybridized carbons (Fsp3) is 0.520. The van der Waals surface area contributed by atoms with Crippen LogP contribution in [0.3, 0.4) is 0 Å². The molecule has 7 heteroatoms. The number of thiophene rings is 1. The Bertz CT molecular complexity index is 994. The van der Waals surface area contributed by atoms with Gasteiger partial charge in [0.2, 0.25) is 0 Å². The first-order chi connectivity index (χ1) is 15.4. The van der Waals surface area contributed by atoms with Crippen molar-refractivity contribution in [2.45, 2.75) is 71.5 Å². The lowest BCUT2D eigenvalue weighted by Gasteiger charge is -2.18. The van der Waals surface area contributed by atoms with Crippen LogP contribution in [0.4, 0.5) is 5.00 Å². The topological polar surface area (TPSA) is 76.7 Å². The summed E-state index contributed by atoms with van der Waals surface area (Å²) in [6.45, 7) is 7.00. The number of aryl methyl sites for hydroxylation is 2. The maximum absolute atomic E-state index is 13.1. The number of hydrogen-bond donors (Lipinski definition) is 2. The van der Waals surface area contributed by atoms with Gasteiger partial charge in [-0.1, -0.05) is 12.1 Å². The quantitative estimate of drug-likeness (QED) is 0.640. The average molecular weight is 457 g/mol. The van der Waals surface area contributed by atoms with E-state index in [1.807, 2.05) is 32.0 Å². The fourth-order valence-electron chi connectivity index (χ4n) is 4.30. The minimum atomic E-state index is -0.683. The van der Waals surface area contributed by atoms with E-state index in [9.17, 15) is 9.59 Å². The second kappa shape index (κ2) is 10.0. The lowest BCUT2D eigenvalue weighted by Crippen LogP contribution is -2.34. The van der Waals surface area contributed by atoms with E-state index in [4.69, 9.17) is 9.47 Å². The molecule has 4 rings (SSSR count). The molecule has 2 amide bonds. The number of carbonyl (C=O) groups is 2. The predicted octanol–water partition coefficient (Wildman–Crippen LogP) is 4.56. The number of carbonyl (C=O) groups excluding carboxylic acids is 2. The summed E-state index contributed by atoms with van der Waals surface area (Å²) < 4.78 is 11.6. The van der Waals surface area contributed by atoms with Crippen molar-refractivity contribution in [3.05, 3.63) is 45.3 Å². The molecule has 0 radical (unpaired) electrons. The van der Waals surface area contributed by atoms with Gasteiger partial charge in [-0.05, 0) is 82.1 Å². The number of benzene rings is 1. The summed E-state index contributed by atoms with van der Waals surface area (Å²) in [6, 6.07) is 5.82. The van der Waals surface area contributed by atoms with Crippen molar-refractivity contribution in [1.29, 1.82) is 0 Å². The Labute approximate surface area is 193 Å². The zero-order valence-corrected chi connectivity index (χ0v) is 19.9. The van der Waals surface area contributed by atoms with Gasteiger partial charge >= 0.3 is 0 Å². The van der Waals surface area contributed by atoms with Crippen LogP contribution >= 0.6 is 11.3 Å². The molecule has 172 valence electrons. The molecule has 2 aliphatic rings. The summed E-state index contributed by atoms with van der Waals surface area (Å²) in [7, 11) is 0. The van der Waals surface area contributed by atoms with E-state index in [2.05, 4.69) is 10.6 Å². The van der Waals surface area contributed by atoms with E-state index < -0.39 is 6.10 Å². The highest BCUT2D eigenvalue weighted by molar-refractivity contribution is 7.17. The maximum atomic E-state index is 13.1. The van der Waals surface area contributed by atoms with Gasteiger partial charge < -0.3 is 20.1 Å². The van der Waals surface area contributed by atoms with E-state index in [0.717, 1.165) is 61.8 Å². The first-order valence-electron chi connectivity index (χ1n) is 11.5. The molecule has 2 aromatic rings. The molecule has 0 bridgehead atoms. The number of ether oxygens (including phenoxy) is 2. The maximum Gasteiger partial charge on any atom is 0.265 e. The number of anilines is 1. The van der Waals surface area contributed by atoms with Crippen LogP contribution in [0.2, 0.25) is 0 Å². The molecule has 2 atom stereocenters. The van der Waals surface area contributed by atoms with Crippen LogP contribution in [0.25, 0.3) is 0 Å². The summed E-state index contributed by atoms with van der Waals surface area (Å²) >= 11 is 1.53. The van der Waals surface area contributed by atoms with Gasteiger partial charge in [-0.25, -0.2) is 0 Å². The molecule has 1 aromatic heterocycles. The Morgan fingerprint density at radius 3 is 2.81 bits per heavy atom. The van der Waals surface area contributed by atoms with Crippen LogP contribution in [-0.2, 0) is 22.4 Å². The number of nitrogens with one attached hydrogen (secondary N) is 2. The largest absolute Gasteiger partial charge is 0.481 e. The molecule has 32 heavy (non-hydrogen) atoms. The van der Waals surface area contributed by atoms with Gasteiger partial charge in [0.25, 0.3) is 11.8 Å². The molecule has 0 spiro atoms. The van der Waals surface area contributed by atoms with Gasteiger partial charge in [-0.15, -0.1) is 11.3 Å². The molecule has 1 aliphatic carbocycles. The van der Waals surface area contributed by atoms with Crippen LogP contribution < -0.4 is 15.4 Å². The molecular formula is C25H32N2O4S. The first-order valence-corrected chi connectivity index (χ1v) is 12.3. The summed E-state index contributed by atoms with van der Waals surface area (Å²) in [5.41, 5.74) is 3.85. The van der Waals surface area contributed by atoms with Crippen LogP contribution in [0, 0.1) is 13.8 Å². The van der Waals surface area contributed by atoms with E-state index in [-0.39, 0.29) is 17.9 Å². The highest BCUT2D eigenvalue weighted by Crippen LogP contribution is 2.38. The Morgan fingerprint density at radius 2 is 2.03 bits per heavy atom. The second-order valence-electron chi connectivity index (χ2n) is 8.71. The molecule has 0 unspecified atom stereocenters. The minimum absolute atomic E-state index is 0.0810. The molecule has 2 heterocycles. The average Bonchev–Trinajstić information content (AvgIpc) is 3.42. The van der Waals surface area contributed by atoms with E-state index in [1.54, 1.807) is 6.92 Å². The Hall–Kier alpha value is -2.38. The number of rotatable bonds is 7. The Morgan fingerprint density at radius 1 is 1.22 bits per heavy atom. The standard InChI is InChI=1S/C25H32N2O4S/c1-15-8-6-11-20(16(15)2)31-17(3)23(28)27-25-22(19-10-4-5-12-21(19)32-25)24(29)26-14-18-9-7-13-30-18/h6,8,11,17-18H,4-5,7,9-10,12-14H2,1-3H3,(H,26,29)(H,27,28)/t17-,18+/m1/s1. The molecule has 1 fully saturated rings. The summed E-state index contributed by atoms with van der Waals surface area (Å²) in [6.07, 6.45) is 5.41. The van der Waals surface area contributed by atoms with Crippen molar-refractivity contribution >= 4 is 28.2 Å². The predicted molar refractivity (Wildman–Crippen MR) is 127 cm³/mol. The van der Waals surface area contributed by atoms with Gasteiger partial charge in [0.05, 0.1) is 11.7 Å². The zero-order valence-electron chi connectivity index (χ0n) is 19.1. The molecular weight excluding hydrogens is 424 g/mol. The molecule has 0 saturated carbocycles.